The van der Waals surface area contributed by atoms with Crippen LogP contribution in [0.2, 0.25) is 0 Å². The molecule has 9 nitrogen and oxygen atoms in total. The molecule has 2 aliphatic rings. The summed E-state index contributed by atoms with van der Waals surface area (Å²) >= 11 is 0. The Bertz CT molecular complexity index is 1670. The number of nitrogens with one attached hydrogen (secondary N) is 2. The van der Waals surface area contributed by atoms with E-state index in [1.165, 1.54) is 12.1 Å². The van der Waals surface area contributed by atoms with Crippen molar-refractivity contribution in [3.8, 4) is 0 Å². The third kappa shape index (κ3) is 5.11. The summed E-state index contributed by atoms with van der Waals surface area (Å²) in [5.41, 5.74) is 4.91. The van der Waals surface area contributed by atoms with Crippen LogP contribution in [0.15, 0.2) is 47.4 Å². The van der Waals surface area contributed by atoms with E-state index in [4.69, 9.17) is 6.57 Å². The highest BCUT2D eigenvalue weighted by atomic mass is 32.2. The lowest BCUT2D eigenvalue weighted by molar-refractivity contribution is -0.110. The predicted molar refractivity (Wildman–Crippen MR) is 150 cm³/mol. The maximum Gasteiger partial charge on any atom is 0.256 e. The number of aryl methyl sites for hydroxylation is 1. The van der Waals surface area contributed by atoms with E-state index in [0.717, 1.165) is 24.3 Å². The molecule has 1 saturated heterocycles. The molecule has 2 aliphatic heterocycles. The number of aromatic amines is 1. The number of carbonyl (C=O) groups excluding carboxylic acids is 2. The number of likely N-dealkylation sites (N-methyl/N-ethyl adjacent to an activating group) is 1. The van der Waals surface area contributed by atoms with Gasteiger partial charge in [-0.05, 0) is 56.3 Å². The van der Waals surface area contributed by atoms with E-state index >= 15 is 0 Å². The molecule has 2 aromatic carbocycles. The Hall–Kier alpha value is -4.20. The van der Waals surface area contributed by atoms with Gasteiger partial charge in [-0.1, -0.05) is 24.3 Å². The van der Waals surface area contributed by atoms with Crippen molar-refractivity contribution in [2.24, 2.45) is 0 Å². The number of hydrogen-bond acceptors (Lipinski definition) is 5. The SMILES string of the molecule is [C-]#[N+]c1cccc(CS(=O)(=O)c2ccc3c(c2)/C(=C/c2[nH]c(C)c(C(=O)N4CCN(C)CC4)c2C)C(=O)N3)c1. The van der Waals surface area contributed by atoms with Gasteiger partial charge >= 0.3 is 0 Å². The zero-order valence-electron chi connectivity index (χ0n) is 22.0. The number of rotatable bonds is 5. The Morgan fingerprint density at radius 1 is 1.10 bits per heavy atom. The van der Waals surface area contributed by atoms with Crippen LogP contribution in [0.4, 0.5) is 11.4 Å². The highest BCUT2D eigenvalue weighted by Gasteiger charge is 2.29. The van der Waals surface area contributed by atoms with E-state index in [-0.39, 0.29) is 22.5 Å². The second-order valence-corrected chi connectivity index (χ2v) is 12.0. The van der Waals surface area contributed by atoms with E-state index < -0.39 is 9.84 Å². The van der Waals surface area contributed by atoms with Crippen molar-refractivity contribution in [1.29, 1.82) is 0 Å². The third-order valence-electron chi connectivity index (χ3n) is 7.30. The normalized spacial score (nSPS) is 16.7. The van der Waals surface area contributed by atoms with Crippen molar-refractivity contribution in [3.63, 3.8) is 0 Å². The number of sulfone groups is 1. The fourth-order valence-corrected chi connectivity index (χ4v) is 6.43. The van der Waals surface area contributed by atoms with Gasteiger partial charge < -0.3 is 20.1 Å². The molecule has 1 fully saturated rings. The molecule has 0 atom stereocenters. The number of benzene rings is 2. The van der Waals surface area contributed by atoms with Crippen molar-refractivity contribution in [2.75, 3.05) is 38.5 Å². The highest BCUT2D eigenvalue weighted by Crippen LogP contribution is 2.36. The fraction of sp³-hybridized carbons (Fsp3) is 0.276. The summed E-state index contributed by atoms with van der Waals surface area (Å²) in [5.74, 6) is -0.642. The van der Waals surface area contributed by atoms with E-state index in [0.29, 0.717) is 52.4 Å². The molecule has 0 saturated carbocycles. The van der Waals surface area contributed by atoms with Gasteiger partial charge in [0, 0.05) is 48.8 Å². The molecule has 0 spiro atoms. The molecular weight excluding hydrogens is 514 g/mol. The summed E-state index contributed by atoms with van der Waals surface area (Å²) in [4.78, 5) is 37.0. The van der Waals surface area contributed by atoms with Crippen molar-refractivity contribution in [3.05, 3.63) is 87.5 Å². The molecule has 200 valence electrons. The first-order valence-electron chi connectivity index (χ1n) is 12.6. The Labute approximate surface area is 227 Å². The monoisotopic (exact) mass is 543 g/mol. The average Bonchev–Trinajstić information content (AvgIpc) is 3.37. The minimum Gasteiger partial charge on any atom is -0.358 e. The number of nitrogens with zero attached hydrogens (tertiary/aromatic N) is 3. The molecule has 1 aromatic heterocycles. The topological polar surface area (TPSA) is 107 Å². The molecule has 0 unspecified atom stereocenters. The van der Waals surface area contributed by atoms with Crippen LogP contribution >= 0.6 is 0 Å². The molecule has 2 N–H and O–H groups in total. The van der Waals surface area contributed by atoms with E-state index in [2.05, 4.69) is 20.0 Å². The molecule has 10 heteroatoms. The summed E-state index contributed by atoms with van der Waals surface area (Å²) in [6.45, 7) is 13.8. The van der Waals surface area contributed by atoms with Gasteiger partial charge in [0.2, 0.25) is 0 Å². The fourth-order valence-electron chi connectivity index (χ4n) is 5.07. The number of hydrogen-bond donors (Lipinski definition) is 2. The van der Waals surface area contributed by atoms with Crippen molar-refractivity contribution >= 4 is 44.7 Å². The van der Waals surface area contributed by atoms with Crippen molar-refractivity contribution < 1.29 is 18.0 Å². The second kappa shape index (κ2) is 10.2. The maximum absolute atomic E-state index is 13.3. The minimum absolute atomic E-state index is 0.0362. The molecule has 3 aromatic rings. The lowest BCUT2D eigenvalue weighted by Crippen LogP contribution is -2.47. The summed E-state index contributed by atoms with van der Waals surface area (Å²) in [6, 6.07) is 11.1. The standard InChI is InChI=1S/C29H29N5O4S/c1-18-26(31-19(2)27(18)29(36)34-12-10-33(4)11-13-34)16-24-23-15-22(8-9-25(23)32-28(24)35)39(37,38)17-20-6-5-7-21(14-20)30-3/h5-9,14-16,31H,10-13,17H2,1-2,4H3,(H,32,35)/b24-16-. The quantitative estimate of drug-likeness (QED) is 0.373. The Morgan fingerprint density at radius 3 is 2.56 bits per heavy atom. The lowest BCUT2D eigenvalue weighted by atomic mass is 10.0. The van der Waals surface area contributed by atoms with Crippen LogP contribution in [0.3, 0.4) is 0 Å². The number of H-pyrrole nitrogens is 1. The van der Waals surface area contributed by atoms with E-state index in [1.807, 2.05) is 25.8 Å². The molecule has 0 radical (unpaired) electrons. The Morgan fingerprint density at radius 2 is 1.85 bits per heavy atom. The highest BCUT2D eigenvalue weighted by molar-refractivity contribution is 7.90. The zero-order chi connectivity index (χ0) is 27.9. The van der Waals surface area contributed by atoms with Crippen molar-refractivity contribution in [2.45, 2.75) is 24.5 Å². The smallest absolute Gasteiger partial charge is 0.256 e. The van der Waals surface area contributed by atoms with Crippen LogP contribution in [0.5, 0.6) is 0 Å². The van der Waals surface area contributed by atoms with Crippen LogP contribution in [0.25, 0.3) is 16.5 Å². The minimum atomic E-state index is -3.74. The molecule has 2 amide bonds. The molecule has 0 aliphatic carbocycles. The molecule has 3 heterocycles. The van der Waals surface area contributed by atoms with Crippen LogP contribution < -0.4 is 5.32 Å². The number of fused-ring (bicyclic) bond motifs is 1. The summed E-state index contributed by atoms with van der Waals surface area (Å²) in [5, 5.41) is 2.80. The Balaban J connectivity index is 1.47. The van der Waals surface area contributed by atoms with Crippen LogP contribution in [0, 0.1) is 20.4 Å². The Kier molecular flexibility index (Phi) is 6.89. The van der Waals surface area contributed by atoms with E-state index in [1.54, 1.807) is 36.4 Å². The molecule has 0 bridgehead atoms. The number of carbonyl (C=O) groups is 2. The van der Waals surface area contributed by atoms with E-state index in [9.17, 15) is 18.0 Å². The zero-order valence-corrected chi connectivity index (χ0v) is 22.9. The first-order valence-corrected chi connectivity index (χ1v) is 14.3. The van der Waals surface area contributed by atoms with Crippen molar-refractivity contribution in [1.82, 2.24) is 14.8 Å². The van der Waals surface area contributed by atoms with Crippen LogP contribution in [-0.4, -0.2) is 68.2 Å². The van der Waals surface area contributed by atoms with Gasteiger partial charge in [-0.3, -0.25) is 9.59 Å². The van der Waals surface area contributed by atoms with Gasteiger partial charge in [-0.15, -0.1) is 0 Å². The number of amides is 2. The first-order chi connectivity index (χ1) is 18.6. The van der Waals surface area contributed by atoms with Gasteiger partial charge in [-0.2, -0.15) is 0 Å². The molecular formula is C29H29N5O4S. The molecule has 5 rings (SSSR count). The second-order valence-electron chi connectivity index (χ2n) is 10.0. The van der Waals surface area contributed by atoms with Gasteiger partial charge in [0.1, 0.15) is 0 Å². The van der Waals surface area contributed by atoms with Crippen LogP contribution in [-0.2, 0) is 20.4 Å². The number of piperazine rings is 1. The first kappa shape index (κ1) is 26.4. The summed E-state index contributed by atoms with van der Waals surface area (Å²) < 4.78 is 26.5. The largest absolute Gasteiger partial charge is 0.358 e. The van der Waals surface area contributed by atoms with Crippen LogP contribution in [0.1, 0.15) is 38.4 Å². The summed E-state index contributed by atoms with van der Waals surface area (Å²) in [7, 11) is -1.71. The summed E-state index contributed by atoms with van der Waals surface area (Å²) in [6.07, 6.45) is 1.68. The van der Waals surface area contributed by atoms with Gasteiger partial charge in [-0.25, -0.2) is 13.3 Å². The van der Waals surface area contributed by atoms with Gasteiger partial charge in [0.05, 0.1) is 28.4 Å². The number of aromatic nitrogens is 1. The lowest BCUT2D eigenvalue weighted by Gasteiger charge is -2.32. The maximum atomic E-state index is 13.3. The van der Waals surface area contributed by atoms with Gasteiger partial charge in [0.25, 0.3) is 11.8 Å². The third-order valence-corrected chi connectivity index (χ3v) is 8.98. The molecule has 39 heavy (non-hydrogen) atoms. The average molecular weight is 544 g/mol. The van der Waals surface area contributed by atoms with Gasteiger partial charge in [0.15, 0.2) is 15.5 Å². The number of anilines is 1. The predicted octanol–water partition coefficient (Wildman–Crippen LogP) is 4.04.